The van der Waals surface area contributed by atoms with Gasteiger partial charge in [0.2, 0.25) is 12.5 Å². The number of rotatable bonds is 8. The monoisotopic (exact) mass is 746 g/mol. The zero-order chi connectivity index (χ0) is 37.2. The second-order valence-electron chi connectivity index (χ2n) is 14.1. The molecule has 17 nitrogen and oxygen atoms in total. The average molecular weight is 747 g/mol. The van der Waals surface area contributed by atoms with E-state index in [9.17, 15) is 19.8 Å². The normalized spacial score (nSPS) is 35.1. The standard InChI is InChI=1S/C36H42O17/c1-15-43-13-25-32(49-15)28(37)29(38)34(50-25)51-30-19-9-22-21(46-14-47-22)8-18(19)26(27-20(30)12-44-33(27)39)16-6-23(41-4)31(24(7-16)42-5)52-35(40)45-10-17-11-48-36(2,3)53-17/h6-9,15,17,20,25-30,32,34,37-38H,10-14H2,1-5H3/t15-,17?,20?,25+,26-,27+,28-,29+,30?,32-,34+/m1/s1. The fourth-order valence-electron chi connectivity index (χ4n) is 7.94. The van der Waals surface area contributed by atoms with Gasteiger partial charge in [-0.3, -0.25) is 4.79 Å². The van der Waals surface area contributed by atoms with Crippen LogP contribution in [-0.4, -0.2) is 119 Å². The van der Waals surface area contributed by atoms with Gasteiger partial charge < -0.3 is 71.8 Å². The first-order valence-electron chi connectivity index (χ1n) is 17.4. The summed E-state index contributed by atoms with van der Waals surface area (Å²) in [4.78, 5) is 26.5. The van der Waals surface area contributed by atoms with Crippen LogP contribution in [0.15, 0.2) is 24.3 Å². The number of hydrogen-bond donors (Lipinski definition) is 2. The number of benzene rings is 2. The lowest BCUT2D eigenvalue weighted by atomic mass is 9.66. The fraction of sp³-hybridized carbons (Fsp3) is 0.611. The second-order valence-corrected chi connectivity index (χ2v) is 14.1. The maximum atomic E-state index is 13.7. The van der Waals surface area contributed by atoms with Crippen molar-refractivity contribution >= 4 is 12.1 Å². The molecule has 0 spiro atoms. The van der Waals surface area contributed by atoms with Crippen molar-refractivity contribution in [2.75, 3.05) is 47.4 Å². The molecule has 6 aliphatic rings. The van der Waals surface area contributed by atoms with Crippen LogP contribution in [0.5, 0.6) is 28.7 Å². The van der Waals surface area contributed by atoms with Crippen molar-refractivity contribution in [3.05, 3.63) is 41.0 Å². The summed E-state index contributed by atoms with van der Waals surface area (Å²) >= 11 is 0. The predicted molar refractivity (Wildman–Crippen MR) is 174 cm³/mol. The number of ether oxygens (including phenoxy) is 13. The molecule has 288 valence electrons. The molecule has 0 aromatic heterocycles. The van der Waals surface area contributed by atoms with E-state index >= 15 is 0 Å². The minimum atomic E-state index is -1.48. The third-order valence-electron chi connectivity index (χ3n) is 10.4. The van der Waals surface area contributed by atoms with Crippen molar-refractivity contribution in [3.8, 4) is 28.7 Å². The van der Waals surface area contributed by atoms with Crippen molar-refractivity contribution in [3.63, 3.8) is 0 Å². The summed E-state index contributed by atoms with van der Waals surface area (Å²) in [6.45, 7) is 5.48. The molecular formula is C36H42O17. The lowest BCUT2D eigenvalue weighted by Crippen LogP contribution is -2.63. The minimum absolute atomic E-state index is 0.00601. The van der Waals surface area contributed by atoms with Crippen LogP contribution in [0.4, 0.5) is 4.79 Å². The molecule has 4 fully saturated rings. The largest absolute Gasteiger partial charge is 0.514 e. The molecule has 17 heteroatoms. The quantitative estimate of drug-likeness (QED) is 0.295. The Morgan fingerprint density at radius 2 is 1.64 bits per heavy atom. The SMILES string of the molecule is COc1cc([C@@H]2c3cc4c(cc3C(O[C@@H]3O[C@H]5CO[C@@H](C)O[C@H]5[C@H](O)[C@@H]3O)C3COC(=O)[C@@H]32)OCO4)cc(OC)c1OC(=O)OCC1COC(C)(C)O1. The van der Waals surface area contributed by atoms with Crippen LogP contribution in [0.2, 0.25) is 0 Å². The Kier molecular flexibility index (Phi) is 9.55. The number of fused-ring (bicyclic) bond motifs is 4. The molecular weight excluding hydrogens is 704 g/mol. The van der Waals surface area contributed by atoms with Gasteiger partial charge >= 0.3 is 12.1 Å². The Balaban J connectivity index is 1.12. The molecule has 11 atom stereocenters. The lowest BCUT2D eigenvalue weighted by molar-refractivity contribution is -0.364. The van der Waals surface area contributed by atoms with Gasteiger partial charge in [0.1, 0.15) is 37.1 Å². The molecule has 0 amide bonds. The minimum Gasteiger partial charge on any atom is -0.493 e. The van der Waals surface area contributed by atoms with Crippen LogP contribution in [0.25, 0.3) is 0 Å². The maximum absolute atomic E-state index is 13.7. The molecule has 0 radical (unpaired) electrons. The van der Waals surface area contributed by atoms with E-state index in [1.54, 1.807) is 45.0 Å². The van der Waals surface area contributed by atoms with Crippen molar-refractivity contribution in [1.82, 2.24) is 0 Å². The van der Waals surface area contributed by atoms with Gasteiger partial charge in [-0.05, 0) is 61.7 Å². The third kappa shape index (κ3) is 6.62. The molecule has 1 aliphatic carbocycles. The van der Waals surface area contributed by atoms with Gasteiger partial charge in [0.05, 0.1) is 46.1 Å². The van der Waals surface area contributed by atoms with Gasteiger partial charge in [-0.25, -0.2) is 4.79 Å². The first kappa shape index (κ1) is 36.1. The maximum Gasteiger partial charge on any atom is 0.514 e. The van der Waals surface area contributed by atoms with Gasteiger partial charge in [-0.2, -0.15) is 0 Å². The van der Waals surface area contributed by atoms with Crippen LogP contribution in [0, 0.1) is 11.8 Å². The molecule has 4 saturated heterocycles. The number of carbonyl (C=O) groups excluding carboxylic acids is 2. The second kappa shape index (κ2) is 14.0. The summed E-state index contributed by atoms with van der Waals surface area (Å²) in [6.07, 6.45) is -8.57. The number of carbonyl (C=O) groups is 2. The average Bonchev–Trinajstić information content (AvgIpc) is 3.86. The Morgan fingerprint density at radius 3 is 2.32 bits per heavy atom. The number of cyclic esters (lactones) is 1. The molecule has 5 aliphatic heterocycles. The predicted octanol–water partition coefficient (Wildman–Crippen LogP) is 2.30. The summed E-state index contributed by atoms with van der Waals surface area (Å²) < 4.78 is 74.6. The summed E-state index contributed by atoms with van der Waals surface area (Å²) in [7, 11) is 2.81. The van der Waals surface area contributed by atoms with Crippen LogP contribution in [0.1, 0.15) is 49.5 Å². The van der Waals surface area contributed by atoms with E-state index in [0.717, 1.165) is 0 Å². The van der Waals surface area contributed by atoms with Crippen LogP contribution in [-0.2, 0) is 42.7 Å². The molecule has 5 heterocycles. The van der Waals surface area contributed by atoms with Gasteiger partial charge in [-0.15, -0.1) is 0 Å². The van der Waals surface area contributed by atoms with Crippen LogP contribution >= 0.6 is 0 Å². The highest BCUT2D eigenvalue weighted by atomic mass is 16.8. The van der Waals surface area contributed by atoms with E-state index in [0.29, 0.717) is 28.2 Å². The van der Waals surface area contributed by atoms with Crippen molar-refractivity contribution in [2.24, 2.45) is 11.8 Å². The Morgan fingerprint density at radius 1 is 0.925 bits per heavy atom. The first-order chi connectivity index (χ1) is 25.4. The zero-order valence-corrected chi connectivity index (χ0v) is 29.7. The highest BCUT2D eigenvalue weighted by Gasteiger charge is 2.56. The number of aliphatic hydroxyl groups excluding tert-OH is 2. The highest BCUT2D eigenvalue weighted by molar-refractivity contribution is 5.79. The van der Waals surface area contributed by atoms with Crippen molar-refractivity contribution < 1.29 is 81.4 Å². The molecule has 0 bridgehead atoms. The van der Waals surface area contributed by atoms with E-state index in [1.807, 2.05) is 0 Å². The molecule has 0 saturated carbocycles. The molecule has 3 unspecified atom stereocenters. The van der Waals surface area contributed by atoms with E-state index in [1.165, 1.54) is 14.2 Å². The van der Waals surface area contributed by atoms with E-state index in [-0.39, 0.29) is 50.5 Å². The zero-order valence-electron chi connectivity index (χ0n) is 29.7. The van der Waals surface area contributed by atoms with Crippen molar-refractivity contribution in [2.45, 2.75) is 81.7 Å². The summed E-state index contributed by atoms with van der Waals surface area (Å²) in [6, 6.07) is 6.86. The van der Waals surface area contributed by atoms with Gasteiger partial charge in [-0.1, -0.05) is 0 Å². The van der Waals surface area contributed by atoms with E-state index in [2.05, 4.69) is 0 Å². The summed E-state index contributed by atoms with van der Waals surface area (Å²) in [5, 5.41) is 22.2. The Labute approximate surface area is 304 Å². The smallest absolute Gasteiger partial charge is 0.493 e. The van der Waals surface area contributed by atoms with Crippen molar-refractivity contribution in [1.29, 1.82) is 0 Å². The third-order valence-corrected chi connectivity index (χ3v) is 10.4. The van der Waals surface area contributed by atoms with E-state index < -0.39 is 84.9 Å². The van der Waals surface area contributed by atoms with Crippen LogP contribution < -0.4 is 23.7 Å². The van der Waals surface area contributed by atoms with Crippen LogP contribution in [0.3, 0.4) is 0 Å². The number of aliphatic hydroxyl groups is 2. The number of methoxy groups -OCH3 is 2. The van der Waals surface area contributed by atoms with Gasteiger partial charge in [0.25, 0.3) is 0 Å². The molecule has 8 rings (SSSR count). The molecule has 2 N–H and O–H groups in total. The molecule has 53 heavy (non-hydrogen) atoms. The summed E-state index contributed by atoms with van der Waals surface area (Å²) in [5.74, 6) is -2.17. The Hall–Kier alpha value is -3.94. The topological polar surface area (TPSA) is 195 Å². The van der Waals surface area contributed by atoms with Gasteiger partial charge in [0, 0.05) is 11.8 Å². The van der Waals surface area contributed by atoms with E-state index in [4.69, 9.17) is 61.6 Å². The number of esters is 1. The molecule has 2 aromatic rings. The highest BCUT2D eigenvalue weighted by Crippen LogP contribution is 2.57. The van der Waals surface area contributed by atoms with Gasteiger partial charge in [0.15, 0.2) is 41.4 Å². The first-order valence-corrected chi connectivity index (χ1v) is 17.4. The number of hydrogen-bond acceptors (Lipinski definition) is 17. The molecule has 2 aromatic carbocycles. The summed E-state index contributed by atoms with van der Waals surface area (Å²) in [5.41, 5.74) is 1.84. The fourth-order valence-corrected chi connectivity index (χ4v) is 7.94. The lowest BCUT2D eigenvalue weighted by Gasteiger charge is -2.47. The Bertz CT molecular complexity index is 1700.